The van der Waals surface area contributed by atoms with Crippen LogP contribution in [0.25, 0.3) is 16.9 Å². The summed E-state index contributed by atoms with van der Waals surface area (Å²) in [6.07, 6.45) is 6.83. The van der Waals surface area contributed by atoms with Crippen LogP contribution in [0.3, 0.4) is 0 Å². The second-order valence-corrected chi connectivity index (χ2v) is 8.01. The fraction of sp³-hybridized carbons (Fsp3) is 0.409. The van der Waals surface area contributed by atoms with E-state index >= 15 is 0 Å². The van der Waals surface area contributed by atoms with Crippen LogP contribution in [0.4, 0.5) is 4.39 Å². The van der Waals surface area contributed by atoms with Crippen LogP contribution in [-0.2, 0) is 17.6 Å². The number of nitrogens with zero attached hydrogens (tertiary/aromatic N) is 3. The highest BCUT2D eigenvalue weighted by Crippen LogP contribution is 2.30. The number of hydrogen-bond acceptors (Lipinski definition) is 3. The molecule has 1 aliphatic carbocycles. The van der Waals surface area contributed by atoms with Crippen LogP contribution in [0.1, 0.15) is 36.9 Å². The number of amides is 1. The first-order valence-electron chi connectivity index (χ1n) is 10.3. The Labute approximate surface area is 167 Å². The topological polar surface area (TPSA) is 70.5 Å². The van der Waals surface area contributed by atoms with Crippen molar-refractivity contribution in [3.63, 3.8) is 0 Å². The second-order valence-electron chi connectivity index (χ2n) is 8.01. The van der Waals surface area contributed by atoms with E-state index in [4.69, 9.17) is 0 Å². The lowest BCUT2D eigenvalue weighted by atomic mass is 9.85. The number of fused-ring (bicyclic) bond motifs is 3. The lowest BCUT2D eigenvalue weighted by Crippen LogP contribution is -2.41. The molecule has 6 nitrogen and oxygen atoms in total. The molecule has 1 aromatic carbocycles. The fourth-order valence-corrected chi connectivity index (χ4v) is 4.62. The summed E-state index contributed by atoms with van der Waals surface area (Å²) >= 11 is 0. The SMILES string of the molecule is O=C(C1CCc2[nH]c(=O)n3cc(-c4ccccc4F)nc3c2C1)N1CCCCC1. The minimum Gasteiger partial charge on any atom is -0.342 e. The number of rotatable bonds is 2. The molecular formula is C22H23FN4O2. The number of aryl methyl sites for hydroxylation is 1. The van der Waals surface area contributed by atoms with Crippen molar-refractivity contribution in [3.05, 3.63) is 58.0 Å². The van der Waals surface area contributed by atoms with Gasteiger partial charge in [-0.25, -0.2) is 14.2 Å². The van der Waals surface area contributed by atoms with Gasteiger partial charge < -0.3 is 9.88 Å². The Bertz CT molecular complexity index is 1140. The van der Waals surface area contributed by atoms with Crippen LogP contribution in [0.15, 0.2) is 35.3 Å². The van der Waals surface area contributed by atoms with Crippen molar-refractivity contribution < 1.29 is 9.18 Å². The molecule has 1 atom stereocenters. The molecular weight excluding hydrogens is 371 g/mol. The van der Waals surface area contributed by atoms with Crippen molar-refractivity contribution in [2.45, 2.75) is 38.5 Å². The van der Waals surface area contributed by atoms with Crippen LogP contribution in [-0.4, -0.2) is 38.3 Å². The number of H-pyrrole nitrogens is 1. The third-order valence-corrected chi connectivity index (χ3v) is 6.18. The van der Waals surface area contributed by atoms with Gasteiger partial charge in [-0.3, -0.25) is 9.20 Å². The predicted octanol–water partition coefficient (Wildman–Crippen LogP) is 2.95. The molecule has 0 bridgehead atoms. The first-order valence-corrected chi connectivity index (χ1v) is 10.3. The van der Waals surface area contributed by atoms with E-state index in [2.05, 4.69) is 9.97 Å². The Kier molecular flexibility index (Phi) is 4.45. The second kappa shape index (κ2) is 7.13. The molecule has 1 saturated heterocycles. The van der Waals surface area contributed by atoms with E-state index in [0.29, 0.717) is 29.7 Å². The van der Waals surface area contributed by atoms with Crippen molar-refractivity contribution in [1.29, 1.82) is 0 Å². The molecule has 1 aliphatic heterocycles. The van der Waals surface area contributed by atoms with Crippen LogP contribution >= 0.6 is 0 Å². The van der Waals surface area contributed by atoms with E-state index in [0.717, 1.165) is 43.6 Å². The van der Waals surface area contributed by atoms with Crippen LogP contribution in [0.5, 0.6) is 0 Å². The minimum atomic E-state index is -0.376. The summed E-state index contributed by atoms with van der Waals surface area (Å²) in [7, 11) is 0. The van der Waals surface area contributed by atoms with Crippen LogP contribution < -0.4 is 5.69 Å². The van der Waals surface area contributed by atoms with Gasteiger partial charge in [0, 0.05) is 42.0 Å². The zero-order valence-electron chi connectivity index (χ0n) is 16.2. The molecule has 29 heavy (non-hydrogen) atoms. The van der Waals surface area contributed by atoms with E-state index in [-0.39, 0.29) is 23.3 Å². The molecule has 1 fully saturated rings. The number of piperidine rings is 1. The third-order valence-electron chi connectivity index (χ3n) is 6.18. The number of hydrogen-bond donors (Lipinski definition) is 1. The first-order chi connectivity index (χ1) is 14.1. The number of nitrogens with one attached hydrogen (secondary N) is 1. The predicted molar refractivity (Wildman–Crippen MR) is 107 cm³/mol. The summed E-state index contributed by atoms with van der Waals surface area (Å²) in [5.74, 6) is -0.260. The Morgan fingerprint density at radius 2 is 1.97 bits per heavy atom. The van der Waals surface area contributed by atoms with E-state index in [1.165, 1.54) is 16.9 Å². The average Bonchev–Trinajstić information content (AvgIpc) is 3.20. The normalized spacial score (nSPS) is 19.3. The van der Waals surface area contributed by atoms with Crippen molar-refractivity contribution in [1.82, 2.24) is 19.3 Å². The molecule has 7 heteroatoms. The van der Waals surface area contributed by atoms with Crippen LogP contribution in [0, 0.1) is 11.7 Å². The number of carbonyl (C=O) groups excluding carboxylic acids is 1. The maximum atomic E-state index is 14.2. The summed E-state index contributed by atoms with van der Waals surface area (Å²) in [4.78, 5) is 35.1. The Morgan fingerprint density at radius 3 is 2.76 bits per heavy atom. The number of aromatic nitrogens is 3. The smallest absolute Gasteiger partial charge is 0.331 e. The monoisotopic (exact) mass is 394 g/mol. The fourth-order valence-electron chi connectivity index (χ4n) is 4.62. The Hall–Kier alpha value is -2.96. The molecule has 2 aliphatic rings. The lowest BCUT2D eigenvalue weighted by Gasteiger charge is -2.32. The van der Waals surface area contributed by atoms with Gasteiger partial charge >= 0.3 is 5.69 Å². The largest absolute Gasteiger partial charge is 0.342 e. The summed E-state index contributed by atoms with van der Waals surface area (Å²) in [6, 6.07) is 6.41. The molecule has 3 aromatic rings. The maximum absolute atomic E-state index is 14.2. The van der Waals surface area contributed by atoms with Gasteiger partial charge in [-0.2, -0.15) is 0 Å². The van der Waals surface area contributed by atoms with Crippen molar-refractivity contribution >= 4 is 11.6 Å². The first kappa shape index (κ1) is 18.1. The van der Waals surface area contributed by atoms with Gasteiger partial charge in [0.15, 0.2) is 0 Å². The van der Waals surface area contributed by atoms with E-state index in [1.807, 2.05) is 4.90 Å². The van der Waals surface area contributed by atoms with Gasteiger partial charge in [-0.15, -0.1) is 0 Å². The van der Waals surface area contributed by atoms with Gasteiger partial charge in [0.1, 0.15) is 11.5 Å². The van der Waals surface area contributed by atoms with E-state index in [9.17, 15) is 14.0 Å². The van der Waals surface area contributed by atoms with Gasteiger partial charge in [-0.1, -0.05) is 12.1 Å². The number of benzene rings is 1. The van der Waals surface area contributed by atoms with Crippen molar-refractivity contribution in [2.24, 2.45) is 5.92 Å². The number of carbonyl (C=O) groups is 1. The Morgan fingerprint density at radius 1 is 1.17 bits per heavy atom. The standard InChI is InChI=1S/C22H23FN4O2/c23-17-7-3-2-6-15(17)19-13-27-20(24-19)16-12-14(8-9-18(16)25-22(27)29)21(28)26-10-4-1-5-11-26/h2-3,6-7,13-14H,1,4-5,8-12H2,(H,25,29). The molecule has 1 amide bonds. The molecule has 2 aromatic heterocycles. The van der Waals surface area contributed by atoms with Gasteiger partial charge in [0.05, 0.1) is 5.69 Å². The van der Waals surface area contributed by atoms with Crippen molar-refractivity contribution in [2.75, 3.05) is 13.1 Å². The number of halogens is 1. The molecule has 1 unspecified atom stereocenters. The van der Waals surface area contributed by atoms with Gasteiger partial charge in [0.25, 0.3) is 0 Å². The highest BCUT2D eigenvalue weighted by molar-refractivity contribution is 5.80. The molecule has 0 spiro atoms. The van der Waals surface area contributed by atoms with Gasteiger partial charge in [0.2, 0.25) is 5.91 Å². The van der Waals surface area contributed by atoms with E-state index < -0.39 is 0 Å². The molecule has 1 N–H and O–H groups in total. The lowest BCUT2D eigenvalue weighted by molar-refractivity contribution is -0.136. The average molecular weight is 394 g/mol. The molecule has 5 rings (SSSR count). The van der Waals surface area contributed by atoms with Gasteiger partial charge in [-0.05, 0) is 50.7 Å². The summed E-state index contributed by atoms with van der Waals surface area (Å²) in [5.41, 5.74) is 2.77. The zero-order valence-corrected chi connectivity index (χ0v) is 16.2. The zero-order chi connectivity index (χ0) is 20.0. The van der Waals surface area contributed by atoms with Crippen molar-refractivity contribution in [3.8, 4) is 11.3 Å². The number of likely N-dealkylation sites (tertiary alicyclic amines) is 1. The molecule has 150 valence electrons. The Balaban J connectivity index is 1.54. The molecule has 0 radical (unpaired) electrons. The summed E-state index contributed by atoms with van der Waals surface area (Å²) in [5, 5.41) is 0. The summed E-state index contributed by atoms with van der Waals surface area (Å²) < 4.78 is 15.7. The highest BCUT2D eigenvalue weighted by atomic mass is 19.1. The maximum Gasteiger partial charge on any atom is 0.331 e. The highest BCUT2D eigenvalue weighted by Gasteiger charge is 2.31. The number of aromatic amines is 1. The van der Waals surface area contributed by atoms with Crippen LogP contribution in [0.2, 0.25) is 0 Å². The summed E-state index contributed by atoms with van der Waals surface area (Å²) in [6.45, 7) is 1.67. The van der Waals surface area contributed by atoms with E-state index in [1.54, 1.807) is 24.4 Å². The number of imidazole rings is 1. The molecule has 0 saturated carbocycles. The molecule has 3 heterocycles. The quantitative estimate of drug-likeness (QED) is 0.727. The third kappa shape index (κ3) is 3.14. The minimum absolute atomic E-state index is 0.0936.